The Bertz CT molecular complexity index is 2020. The van der Waals surface area contributed by atoms with E-state index in [0.717, 1.165) is 22.5 Å². The van der Waals surface area contributed by atoms with Crippen molar-refractivity contribution in [3.63, 3.8) is 0 Å². The highest BCUT2D eigenvalue weighted by Gasteiger charge is 2.39. The fraction of sp³-hybridized carbons (Fsp3) is 0.312. The standard InChI is InChI=1S/C28H28ClN9O3.2C2HF3O2/c1-15-24(16(2)41-37-15)26(39)38-8-7-20(14-38)34-28(40)35-23-6-5-19-10-18(23)4-3-17-9-21(12-30-11-17)33-27-31-13-22(29)25(32-19)36-27;2*3-2(4,5)1(6)7/h5-6,9-13,20H,3-4,7-8,14H2,1-2H3,(H2,34,35,40)(H2,31,32,33,36);2*(H,6,7)/t20-;;/m0../s1. The molecule has 3 aromatic heterocycles. The third-order valence-corrected chi connectivity index (χ3v) is 7.91. The minimum atomic E-state index is -5.08. The van der Waals surface area contributed by atoms with Crippen LogP contribution >= 0.6 is 11.6 Å². The minimum Gasteiger partial charge on any atom is -0.475 e. The number of nitrogens with zero attached hydrogens (tertiary/aromatic N) is 5. The number of carboxylic acid groups (broad SMARTS) is 2. The molecule has 5 heterocycles. The number of rotatable bonds is 3. The molecule has 0 saturated carbocycles. The number of carbonyl (C=O) groups excluding carboxylic acids is 2. The van der Waals surface area contributed by atoms with Crippen molar-refractivity contribution in [3.8, 4) is 0 Å². The van der Waals surface area contributed by atoms with Crippen molar-refractivity contribution in [1.82, 2.24) is 30.3 Å². The number of hydrogen-bond donors (Lipinski definition) is 6. The Morgan fingerprint density at radius 3 is 2.24 bits per heavy atom. The predicted molar refractivity (Wildman–Crippen MR) is 182 cm³/mol. The van der Waals surface area contributed by atoms with Crippen molar-refractivity contribution in [2.75, 3.05) is 29.0 Å². The number of alkyl halides is 6. The van der Waals surface area contributed by atoms with Gasteiger partial charge in [-0.3, -0.25) is 9.78 Å². The van der Waals surface area contributed by atoms with E-state index >= 15 is 0 Å². The first-order chi connectivity index (χ1) is 25.7. The quantitative estimate of drug-likeness (QED) is 0.131. The molecule has 4 aromatic rings. The van der Waals surface area contributed by atoms with Crippen LogP contribution in [0.1, 0.15) is 39.4 Å². The summed E-state index contributed by atoms with van der Waals surface area (Å²) >= 11 is 6.36. The van der Waals surface area contributed by atoms with Crippen LogP contribution in [-0.4, -0.2) is 90.6 Å². The van der Waals surface area contributed by atoms with Crippen LogP contribution in [0.5, 0.6) is 0 Å². The Hall–Kier alpha value is -6.19. The number of amides is 3. The Morgan fingerprint density at radius 1 is 0.945 bits per heavy atom. The maximum Gasteiger partial charge on any atom is 0.490 e. The summed E-state index contributed by atoms with van der Waals surface area (Å²) in [5.74, 6) is -4.31. The second kappa shape index (κ2) is 17.3. The fourth-order valence-electron chi connectivity index (χ4n) is 5.11. The van der Waals surface area contributed by atoms with Crippen molar-refractivity contribution in [2.24, 2.45) is 0 Å². The van der Waals surface area contributed by atoms with Gasteiger partial charge in [0.05, 0.1) is 23.8 Å². The van der Waals surface area contributed by atoms with Gasteiger partial charge in [0.2, 0.25) is 5.95 Å². The van der Waals surface area contributed by atoms with Gasteiger partial charge in [-0.1, -0.05) is 16.8 Å². The van der Waals surface area contributed by atoms with Gasteiger partial charge < -0.3 is 40.9 Å². The summed E-state index contributed by atoms with van der Waals surface area (Å²) in [6.07, 6.45) is -3.12. The number of anilines is 5. The van der Waals surface area contributed by atoms with Crippen LogP contribution in [0.4, 0.5) is 60.0 Å². The Labute approximate surface area is 311 Å². The summed E-state index contributed by atoms with van der Waals surface area (Å²) < 4.78 is 68.6. The number of fused-ring (bicyclic) bond motifs is 6. The molecule has 3 amide bonds. The molecule has 1 saturated heterocycles. The molecule has 6 rings (SSSR count). The van der Waals surface area contributed by atoms with Crippen molar-refractivity contribution in [1.29, 1.82) is 0 Å². The zero-order valence-electron chi connectivity index (χ0n) is 28.5. The number of halogens is 7. The molecule has 2 aliphatic rings. The van der Waals surface area contributed by atoms with E-state index in [9.17, 15) is 35.9 Å². The van der Waals surface area contributed by atoms with Crippen molar-refractivity contribution in [3.05, 3.63) is 76.0 Å². The second-order valence-electron chi connectivity index (χ2n) is 11.7. The van der Waals surface area contributed by atoms with Gasteiger partial charge in [0.15, 0.2) is 5.82 Å². The SMILES string of the molecule is Cc1noc(C)c1C(=O)N1CC[C@H](NC(=O)Nc2ccc3cc2CCc2cncc(c2)Nc2ncc(Cl)c(n2)N3)C1.O=C(O)C(F)(F)F.O=C(O)C(F)(F)F. The highest BCUT2D eigenvalue weighted by atomic mass is 35.5. The van der Waals surface area contributed by atoms with Crippen LogP contribution in [0.2, 0.25) is 5.02 Å². The summed E-state index contributed by atoms with van der Waals surface area (Å²) in [7, 11) is 0. The number of benzene rings is 1. The molecule has 294 valence electrons. The van der Waals surface area contributed by atoms with Gasteiger partial charge in [-0.25, -0.2) is 19.4 Å². The number of aromatic nitrogens is 4. The maximum absolute atomic E-state index is 13.1. The van der Waals surface area contributed by atoms with Crippen LogP contribution < -0.4 is 21.3 Å². The lowest BCUT2D eigenvalue weighted by atomic mass is 10.0. The number of likely N-dealkylation sites (tertiary alicyclic amines) is 1. The molecular weight excluding hydrogens is 772 g/mol. The monoisotopic (exact) mass is 801 g/mol. The van der Waals surface area contributed by atoms with Gasteiger partial charge >= 0.3 is 30.3 Å². The largest absolute Gasteiger partial charge is 0.490 e. The van der Waals surface area contributed by atoms with Crippen LogP contribution in [-0.2, 0) is 22.4 Å². The molecule has 16 nitrogen and oxygen atoms in total. The zero-order chi connectivity index (χ0) is 40.7. The smallest absolute Gasteiger partial charge is 0.475 e. The predicted octanol–water partition coefficient (Wildman–Crippen LogP) is 6.02. The van der Waals surface area contributed by atoms with Crippen LogP contribution in [0.15, 0.2) is 47.4 Å². The van der Waals surface area contributed by atoms with Gasteiger partial charge in [0.25, 0.3) is 5.91 Å². The third-order valence-electron chi connectivity index (χ3n) is 7.64. The molecule has 0 radical (unpaired) electrons. The molecule has 23 heteroatoms. The van der Waals surface area contributed by atoms with Gasteiger partial charge in [0.1, 0.15) is 16.3 Å². The topological polar surface area (TPSA) is 225 Å². The molecule has 1 fully saturated rings. The van der Waals surface area contributed by atoms with Crippen LogP contribution in [0, 0.1) is 13.8 Å². The number of carboxylic acids is 2. The Balaban J connectivity index is 0.000000410. The lowest BCUT2D eigenvalue weighted by molar-refractivity contribution is -0.193. The first-order valence-electron chi connectivity index (χ1n) is 15.7. The summed E-state index contributed by atoms with van der Waals surface area (Å²) in [6, 6.07) is 7.15. The molecular formula is C32H30ClF6N9O7. The average Bonchev–Trinajstić information content (AvgIpc) is 3.70. The molecule has 2 aliphatic heterocycles. The minimum absolute atomic E-state index is 0.134. The van der Waals surface area contributed by atoms with Gasteiger partial charge in [-0.15, -0.1) is 0 Å². The molecule has 0 aliphatic carbocycles. The third kappa shape index (κ3) is 11.6. The van der Waals surface area contributed by atoms with E-state index in [1.54, 1.807) is 24.9 Å². The van der Waals surface area contributed by atoms with Gasteiger partial charge in [-0.2, -0.15) is 31.3 Å². The Kier molecular flexibility index (Phi) is 13.1. The van der Waals surface area contributed by atoms with E-state index in [2.05, 4.69) is 41.4 Å². The number of nitrogens with one attached hydrogen (secondary N) is 4. The molecule has 55 heavy (non-hydrogen) atoms. The van der Waals surface area contributed by atoms with Gasteiger partial charge in [0, 0.05) is 36.7 Å². The number of pyridine rings is 1. The van der Waals surface area contributed by atoms with E-state index in [4.69, 9.17) is 35.9 Å². The van der Waals surface area contributed by atoms with E-state index in [1.165, 1.54) is 6.20 Å². The fourth-order valence-corrected chi connectivity index (χ4v) is 5.24. The van der Waals surface area contributed by atoms with E-state index in [-0.39, 0.29) is 18.0 Å². The molecule has 0 spiro atoms. The molecule has 0 unspecified atom stereocenters. The molecule has 1 aromatic carbocycles. The number of urea groups is 1. The summed E-state index contributed by atoms with van der Waals surface area (Å²) in [4.78, 5) is 58.7. The van der Waals surface area contributed by atoms with Crippen LogP contribution in [0.3, 0.4) is 0 Å². The van der Waals surface area contributed by atoms with Gasteiger partial charge in [-0.05, 0) is 68.5 Å². The van der Waals surface area contributed by atoms with Crippen molar-refractivity contribution < 1.29 is 60.3 Å². The second-order valence-corrected chi connectivity index (χ2v) is 12.1. The number of hydrogen-bond acceptors (Lipinski definition) is 11. The average molecular weight is 802 g/mol. The highest BCUT2D eigenvalue weighted by Crippen LogP contribution is 2.29. The first-order valence-corrected chi connectivity index (χ1v) is 16.1. The van der Waals surface area contributed by atoms with Crippen molar-refractivity contribution >= 4 is 64.3 Å². The lowest BCUT2D eigenvalue weighted by Gasteiger charge is -2.18. The number of carbonyl (C=O) groups is 4. The van der Waals surface area contributed by atoms with E-state index in [1.807, 2.05) is 30.5 Å². The number of aryl methyl sites for hydroxylation is 4. The normalized spacial score (nSPS) is 14.8. The Morgan fingerprint density at radius 2 is 1.62 bits per heavy atom. The summed E-state index contributed by atoms with van der Waals surface area (Å²) in [5, 5.41) is 30.9. The lowest BCUT2D eigenvalue weighted by Crippen LogP contribution is -2.40. The first kappa shape index (κ1) is 41.6. The summed E-state index contributed by atoms with van der Waals surface area (Å²) in [6.45, 7) is 4.42. The summed E-state index contributed by atoms with van der Waals surface area (Å²) in [5.41, 5.74) is 5.21. The molecule has 6 bridgehead atoms. The molecule has 6 N–H and O–H groups in total. The maximum atomic E-state index is 13.1. The van der Waals surface area contributed by atoms with Crippen molar-refractivity contribution in [2.45, 2.75) is 51.5 Å². The van der Waals surface area contributed by atoms with E-state index < -0.39 is 24.3 Å². The zero-order valence-corrected chi connectivity index (χ0v) is 29.2. The molecule has 1 atom stereocenters. The highest BCUT2D eigenvalue weighted by molar-refractivity contribution is 6.32. The number of aliphatic carboxylic acids is 2. The van der Waals surface area contributed by atoms with Crippen LogP contribution in [0.25, 0.3) is 0 Å². The van der Waals surface area contributed by atoms with E-state index in [0.29, 0.717) is 71.8 Å².